The lowest BCUT2D eigenvalue weighted by Gasteiger charge is -2.11. The van der Waals surface area contributed by atoms with E-state index in [-0.39, 0.29) is 17.7 Å². The molecule has 2 rings (SSSR count). The Morgan fingerprint density at radius 2 is 1.93 bits per heavy atom. The molecule has 1 N–H and O–H groups in total. The van der Waals surface area contributed by atoms with Gasteiger partial charge in [0.05, 0.1) is 11.0 Å². The third-order valence-electron chi connectivity index (χ3n) is 3.78. The molecule has 0 atom stereocenters. The summed E-state index contributed by atoms with van der Waals surface area (Å²) in [6.07, 6.45) is 2.54. The van der Waals surface area contributed by atoms with Gasteiger partial charge in [-0.25, -0.2) is 0 Å². The Labute approximate surface area is 159 Å². The molecule has 0 fully saturated rings. The zero-order valence-electron chi connectivity index (χ0n) is 15.6. The van der Waals surface area contributed by atoms with E-state index in [1.807, 2.05) is 44.2 Å². The fourth-order valence-corrected chi connectivity index (χ4v) is 2.48. The van der Waals surface area contributed by atoms with Crippen molar-refractivity contribution in [2.24, 2.45) is 0 Å². The van der Waals surface area contributed by atoms with Crippen LogP contribution in [0.25, 0.3) is 11.6 Å². The quantitative estimate of drug-likeness (QED) is 0.238. The van der Waals surface area contributed by atoms with Crippen LogP contribution in [0.3, 0.4) is 0 Å². The molecule has 0 spiro atoms. The van der Waals surface area contributed by atoms with Crippen LogP contribution in [0.15, 0.2) is 54.6 Å². The van der Waals surface area contributed by atoms with Crippen LogP contribution in [-0.2, 0) is 9.53 Å². The highest BCUT2D eigenvalue weighted by Gasteiger charge is 2.13. The molecule has 0 aliphatic rings. The molecular weight excluding hydrogens is 344 g/mol. The molecule has 27 heavy (non-hydrogen) atoms. The second-order valence-corrected chi connectivity index (χ2v) is 6.31. The number of nitrogens with zero attached hydrogens (tertiary/aromatic N) is 1. The van der Waals surface area contributed by atoms with Gasteiger partial charge in [0, 0.05) is 30.9 Å². The lowest BCUT2D eigenvalue weighted by Crippen LogP contribution is -2.26. The number of ether oxygens (including phenoxy) is 1. The molecule has 142 valence electrons. The van der Waals surface area contributed by atoms with E-state index < -0.39 is 4.92 Å². The van der Waals surface area contributed by atoms with E-state index in [0.717, 1.165) is 5.56 Å². The van der Waals surface area contributed by atoms with Crippen LogP contribution in [0.1, 0.15) is 31.4 Å². The first-order valence-electron chi connectivity index (χ1n) is 8.88. The van der Waals surface area contributed by atoms with E-state index in [2.05, 4.69) is 5.32 Å². The molecule has 0 heterocycles. The van der Waals surface area contributed by atoms with Gasteiger partial charge in [-0.3, -0.25) is 14.9 Å². The van der Waals surface area contributed by atoms with Crippen LogP contribution >= 0.6 is 0 Å². The summed E-state index contributed by atoms with van der Waals surface area (Å²) in [5.41, 5.74) is 1.80. The second-order valence-electron chi connectivity index (χ2n) is 6.31. The highest BCUT2D eigenvalue weighted by Crippen LogP contribution is 2.21. The molecule has 6 nitrogen and oxygen atoms in total. The number of non-ortho nitro benzene ring substituents is 1. The maximum absolute atomic E-state index is 12.7. The van der Waals surface area contributed by atoms with E-state index in [1.54, 1.807) is 18.2 Å². The Kier molecular flexibility index (Phi) is 7.70. The molecule has 0 saturated heterocycles. The SMILES string of the molecule is CC(C)OCCCNC(=O)/C(=C/c1cccc([N+](=O)[O-])c1)c1ccccc1. The van der Waals surface area contributed by atoms with Crippen molar-refractivity contribution in [2.45, 2.75) is 26.4 Å². The lowest BCUT2D eigenvalue weighted by molar-refractivity contribution is -0.384. The van der Waals surface area contributed by atoms with Crippen LogP contribution in [0.2, 0.25) is 0 Å². The van der Waals surface area contributed by atoms with Crippen LogP contribution in [0, 0.1) is 10.1 Å². The molecule has 2 aromatic carbocycles. The smallest absolute Gasteiger partial charge is 0.270 e. The number of hydrogen-bond donors (Lipinski definition) is 1. The maximum Gasteiger partial charge on any atom is 0.270 e. The van der Waals surface area contributed by atoms with Crippen molar-refractivity contribution in [1.29, 1.82) is 0 Å². The standard InChI is InChI=1S/C21H24N2O4/c1-16(2)27-13-7-12-22-21(24)20(18-9-4-3-5-10-18)15-17-8-6-11-19(14-17)23(25)26/h3-6,8-11,14-16H,7,12-13H2,1-2H3,(H,22,24)/b20-15+. The van der Waals surface area contributed by atoms with Gasteiger partial charge in [-0.05, 0) is 37.5 Å². The van der Waals surface area contributed by atoms with Crippen LogP contribution in [0.4, 0.5) is 5.69 Å². The monoisotopic (exact) mass is 368 g/mol. The zero-order valence-corrected chi connectivity index (χ0v) is 15.6. The average Bonchev–Trinajstić information content (AvgIpc) is 2.66. The van der Waals surface area contributed by atoms with Gasteiger partial charge >= 0.3 is 0 Å². The maximum atomic E-state index is 12.7. The minimum atomic E-state index is -0.450. The second kappa shape index (κ2) is 10.2. The largest absolute Gasteiger partial charge is 0.379 e. The van der Waals surface area contributed by atoms with Gasteiger partial charge in [0.2, 0.25) is 0 Å². The van der Waals surface area contributed by atoms with Crippen molar-refractivity contribution < 1.29 is 14.5 Å². The molecular formula is C21H24N2O4. The van der Waals surface area contributed by atoms with E-state index in [4.69, 9.17) is 4.74 Å². The molecule has 0 radical (unpaired) electrons. The number of amides is 1. The van der Waals surface area contributed by atoms with E-state index in [0.29, 0.717) is 30.7 Å². The predicted molar refractivity (Wildman–Crippen MR) is 106 cm³/mol. The minimum Gasteiger partial charge on any atom is -0.379 e. The molecule has 0 bridgehead atoms. The minimum absolute atomic E-state index is 0.0117. The average molecular weight is 368 g/mol. The van der Waals surface area contributed by atoms with Crippen molar-refractivity contribution in [3.05, 3.63) is 75.8 Å². The van der Waals surface area contributed by atoms with E-state index >= 15 is 0 Å². The zero-order chi connectivity index (χ0) is 19.6. The summed E-state index contributed by atoms with van der Waals surface area (Å²) in [6.45, 7) is 5.00. The number of carbonyl (C=O) groups excluding carboxylic acids is 1. The Bertz CT molecular complexity index is 801. The van der Waals surface area contributed by atoms with Crippen molar-refractivity contribution in [2.75, 3.05) is 13.2 Å². The van der Waals surface area contributed by atoms with Gasteiger partial charge in [-0.2, -0.15) is 0 Å². The number of carbonyl (C=O) groups is 1. The predicted octanol–water partition coefficient (Wildman–Crippen LogP) is 4.07. The van der Waals surface area contributed by atoms with Crippen LogP contribution < -0.4 is 5.32 Å². The molecule has 1 amide bonds. The van der Waals surface area contributed by atoms with Gasteiger partial charge in [0.25, 0.3) is 11.6 Å². The summed E-state index contributed by atoms with van der Waals surface area (Å²) in [6, 6.07) is 15.5. The highest BCUT2D eigenvalue weighted by molar-refractivity contribution is 6.24. The third-order valence-corrected chi connectivity index (χ3v) is 3.78. The van der Waals surface area contributed by atoms with Crippen LogP contribution in [0.5, 0.6) is 0 Å². The molecule has 6 heteroatoms. The topological polar surface area (TPSA) is 81.5 Å². The summed E-state index contributed by atoms with van der Waals surface area (Å²) >= 11 is 0. The first-order valence-corrected chi connectivity index (χ1v) is 8.88. The normalized spacial score (nSPS) is 11.4. The third kappa shape index (κ3) is 6.67. The van der Waals surface area contributed by atoms with Gasteiger partial charge in [0.15, 0.2) is 0 Å². The molecule has 2 aromatic rings. The Morgan fingerprint density at radius 1 is 1.19 bits per heavy atom. The van der Waals surface area contributed by atoms with Gasteiger partial charge in [-0.15, -0.1) is 0 Å². The lowest BCUT2D eigenvalue weighted by atomic mass is 10.0. The Morgan fingerprint density at radius 3 is 2.59 bits per heavy atom. The summed E-state index contributed by atoms with van der Waals surface area (Å²) in [5, 5.41) is 13.9. The molecule has 0 aliphatic heterocycles. The van der Waals surface area contributed by atoms with Crippen molar-refractivity contribution in [3.8, 4) is 0 Å². The van der Waals surface area contributed by atoms with E-state index in [1.165, 1.54) is 12.1 Å². The van der Waals surface area contributed by atoms with Crippen molar-refractivity contribution in [1.82, 2.24) is 5.32 Å². The van der Waals surface area contributed by atoms with Gasteiger partial charge < -0.3 is 10.1 Å². The number of benzene rings is 2. The van der Waals surface area contributed by atoms with Crippen LogP contribution in [-0.4, -0.2) is 30.1 Å². The van der Waals surface area contributed by atoms with E-state index in [9.17, 15) is 14.9 Å². The summed E-state index contributed by atoms with van der Waals surface area (Å²) in [4.78, 5) is 23.2. The number of nitro groups is 1. The summed E-state index contributed by atoms with van der Waals surface area (Å²) in [5.74, 6) is -0.225. The summed E-state index contributed by atoms with van der Waals surface area (Å²) in [7, 11) is 0. The van der Waals surface area contributed by atoms with Crippen molar-refractivity contribution in [3.63, 3.8) is 0 Å². The molecule has 0 aromatic heterocycles. The first kappa shape index (κ1) is 20.3. The molecule has 0 saturated carbocycles. The highest BCUT2D eigenvalue weighted by atomic mass is 16.6. The van der Waals surface area contributed by atoms with Gasteiger partial charge in [-0.1, -0.05) is 42.5 Å². The van der Waals surface area contributed by atoms with Gasteiger partial charge in [0.1, 0.15) is 0 Å². The summed E-state index contributed by atoms with van der Waals surface area (Å²) < 4.78 is 5.47. The van der Waals surface area contributed by atoms with Crippen molar-refractivity contribution >= 4 is 23.2 Å². The number of rotatable bonds is 9. The Hall–Kier alpha value is -2.99. The fourth-order valence-electron chi connectivity index (χ4n) is 2.48. The number of hydrogen-bond acceptors (Lipinski definition) is 4. The Balaban J connectivity index is 2.18. The molecule has 0 aliphatic carbocycles. The number of nitrogens with one attached hydrogen (secondary N) is 1. The number of nitro benzene ring substituents is 1. The first-order chi connectivity index (χ1) is 13.0. The fraction of sp³-hybridized carbons (Fsp3) is 0.286. The molecule has 0 unspecified atom stereocenters.